The molecule has 0 aliphatic heterocycles. The molecule has 1 atom stereocenters. The predicted octanol–water partition coefficient (Wildman–Crippen LogP) is 0.361. The van der Waals surface area contributed by atoms with Crippen LogP contribution in [0, 0.1) is 0 Å². The molecule has 0 aliphatic rings. The van der Waals surface area contributed by atoms with Gasteiger partial charge in [0.15, 0.2) is 0 Å². The molecule has 1 amide bonds. The molecule has 0 saturated carbocycles. The Bertz CT molecular complexity index is 377. The summed E-state index contributed by atoms with van der Waals surface area (Å²) in [5.41, 5.74) is -1.55. The number of hydrogen-bond donors (Lipinski definition) is 1. The summed E-state index contributed by atoms with van der Waals surface area (Å²) in [6.07, 6.45) is -1.58. The molecule has 116 valence electrons. The molecule has 0 unspecified atom stereocenters. The molecule has 0 aromatic carbocycles. The zero-order valence-electron chi connectivity index (χ0n) is 12.7. The van der Waals surface area contributed by atoms with E-state index in [1.807, 2.05) is 0 Å². The van der Waals surface area contributed by atoms with Gasteiger partial charge in [0.1, 0.15) is 17.2 Å². The molecule has 0 aromatic rings. The number of esters is 1. The smallest absolute Gasteiger partial charge is 0.408 e. The van der Waals surface area contributed by atoms with Gasteiger partial charge < -0.3 is 24.7 Å². The second-order valence-electron chi connectivity index (χ2n) is 6.31. The van der Waals surface area contributed by atoms with Gasteiger partial charge in [-0.05, 0) is 41.5 Å². The van der Waals surface area contributed by atoms with Crippen LogP contribution in [0.25, 0.3) is 0 Å². The Kier molecular flexibility index (Phi) is 5.99. The van der Waals surface area contributed by atoms with Gasteiger partial charge >= 0.3 is 12.1 Å². The molecule has 0 saturated heterocycles. The molecular weight excluding hydrogens is 266 g/mol. The van der Waals surface area contributed by atoms with Crippen molar-refractivity contribution in [3.8, 4) is 0 Å². The van der Waals surface area contributed by atoms with Crippen LogP contribution in [0.2, 0.25) is 0 Å². The monoisotopic (exact) mass is 288 g/mol. The first kappa shape index (κ1) is 18.2. The van der Waals surface area contributed by atoms with Crippen LogP contribution in [0.4, 0.5) is 4.79 Å². The van der Waals surface area contributed by atoms with Crippen LogP contribution in [0.3, 0.4) is 0 Å². The Labute approximate surface area is 118 Å². The van der Waals surface area contributed by atoms with E-state index in [4.69, 9.17) is 9.47 Å². The van der Waals surface area contributed by atoms with E-state index in [1.165, 1.54) is 0 Å². The maximum absolute atomic E-state index is 11.8. The molecule has 1 N–H and O–H groups in total. The number of carboxylic acids is 1. The molecule has 0 heterocycles. The minimum Gasteiger partial charge on any atom is -0.550 e. The number of nitrogens with one attached hydrogen (secondary N) is 1. The summed E-state index contributed by atoms with van der Waals surface area (Å²) in [4.78, 5) is 34.0. The van der Waals surface area contributed by atoms with Crippen LogP contribution in [-0.4, -0.2) is 35.3 Å². The number of hydrogen-bond acceptors (Lipinski definition) is 6. The van der Waals surface area contributed by atoms with E-state index in [0.717, 1.165) is 0 Å². The normalized spacial score (nSPS) is 13.3. The third-order valence-electron chi connectivity index (χ3n) is 1.75. The van der Waals surface area contributed by atoms with Gasteiger partial charge in [0, 0.05) is 12.4 Å². The van der Waals surface area contributed by atoms with Crippen molar-refractivity contribution in [3.63, 3.8) is 0 Å². The molecule has 7 nitrogen and oxygen atoms in total. The van der Waals surface area contributed by atoms with Gasteiger partial charge in [-0.25, -0.2) is 9.59 Å². The van der Waals surface area contributed by atoms with E-state index < -0.39 is 41.7 Å². The Balaban J connectivity index is 4.77. The van der Waals surface area contributed by atoms with Crippen molar-refractivity contribution in [3.05, 3.63) is 0 Å². The lowest BCUT2D eigenvalue weighted by atomic mass is 10.1. The van der Waals surface area contributed by atoms with Crippen molar-refractivity contribution in [1.82, 2.24) is 5.32 Å². The Hall–Kier alpha value is -1.79. The summed E-state index contributed by atoms with van der Waals surface area (Å²) >= 11 is 0. The molecule has 20 heavy (non-hydrogen) atoms. The maximum Gasteiger partial charge on any atom is 0.408 e. The summed E-state index contributed by atoms with van der Waals surface area (Å²) in [6.45, 7) is 9.84. The highest BCUT2D eigenvalue weighted by Gasteiger charge is 2.28. The van der Waals surface area contributed by atoms with Crippen LogP contribution >= 0.6 is 0 Å². The minimum absolute atomic E-state index is 0.686. The topological polar surface area (TPSA) is 105 Å². The quantitative estimate of drug-likeness (QED) is 0.749. The van der Waals surface area contributed by atoms with Crippen molar-refractivity contribution < 1.29 is 29.0 Å². The average Bonchev–Trinajstić information content (AvgIpc) is 2.09. The Morgan fingerprint density at radius 1 is 1.00 bits per heavy atom. The van der Waals surface area contributed by atoms with Crippen molar-refractivity contribution in [1.29, 1.82) is 0 Å². The SMILES string of the molecule is CC(C)(C)OC(=O)N[C@H](CC(=O)[O-])C(=O)OC(C)(C)C. The van der Waals surface area contributed by atoms with Crippen LogP contribution < -0.4 is 10.4 Å². The lowest BCUT2D eigenvalue weighted by Gasteiger charge is -2.26. The van der Waals surface area contributed by atoms with E-state index >= 15 is 0 Å². The van der Waals surface area contributed by atoms with Crippen molar-refractivity contribution in [2.24, 2.45) is 0 Å². The van der Waals surface area contributed by atoms with Crippen molar-refractivity contribution in [2.75, 3.05) is 0 Å². The second kappa shape index (κ2) is 6.58. The molecule has 0 radical (unpaired) electrons. The fraction of sp³-hybridized carbons (Fsp3) is 0.769. The first-order valence-electron chi connectivity index (χ1n) is 6.22. The lowest BCUT2D eigenvalue weighted by molar-refractivity contribution is -0.306. The maximum atomic E-state index is 11.8. The summed E-state index contributed by atoms with van der Waals surface area (Å²) < 4.78 is 9.99. The molecule has 0 rings (SSSR count). The minimum atomic E-state index is -1.48. The first-order chi connectivity index (χ1) is 8.80. The van der Waals surface area contributed by atoms with Gasteiger partial charge in [-0.15, -0.1) is 0 Å². The van der Waals surface area contributed by atoms with E-state index in [-0.39, 0.29) is 0 Å². The Morgan fingerprint density at radius 2 is 1.45 bits per heavy atom. The highest BCUT2D eigenvalue weighted by Crippen LogP contribution is 2.11. The lowest BCUT2D eigenvalue weighted by Crippen LogP contribution is -2.48. The van der Waals surface area contributed by atoms with Gasteiger partial charge in [-0.2, -0.15) is 0 Å². The number of ether oxygens (including phenoxy) is 2. The van der Waals surface area contributed by atoms with Gasteiger partial charge in [-0.3, -0.25) is 0 Å². The fourth-order valence-electron chi connectivity index (χ4n) is 1.18. The van der Waals surface area contributed by atoms with E-state index in [2.05, 4.69) is 5.32 Å². The standard InChI is InChI=1S/C13H23NO6/c1-12(2,3)19-10(17)8(7-9(15)16)14-11(18)20-13(4,5)6/h8H,7H2,1-6H3,(H,14,18)(H,15,16)/p-1/t8-/m1/s1. The van der Waals surface area contributed by atoms with Crippen LogP contribution in [-0.2, 0) is 19.1 Å². The zero-order valence-corrected chi connectivity index (χ0v) is 12.7. The highest BCUT2D eigenvalue weighted by molar-refractivity contribution is 5.85. The molecule has 0 spiro atoms. The zero-order chi connectivity index (χ0) is 16.1. The number of rotatable bonds is 4. The van der Waals surface area contributed by atoms with Crippen LogP contribution in [0.1, 0.15) is 48.0 Å². The predicted molar refractivity (Wildman–Crippen MR) is 68.6 cm³/mol. The van der Waals surface area contributed by atoms with Crippen molar-refractivity contribution in [2.45, 2.75) is 65.2 Å². The largest absolute Gasteiger partial charge is 0.550 e. The van der Waals surface area contributed by atoms with Gasteiger partial charge in [-0.1, -0.05) is 0 Å². The summed E-state index contributed by atoms with van der Waals surface area (Å²) in [7, 11) is 0. The summed E-state index contributed by atoms with van der Waals surface area (Å²) in [5, 5.41) is 12.8. The number of alkyl carbamates (subject to hydrolysis) is 1. The molecule has 0 fully saturated rings. The molecule has 7 heteroatoms. The summed E-state index contributed by atoms with van der Waals surface area (Å²) in [6, 6.07) is -1.35. The van der Waals surface area contributed by atoms with Gasteiger partial charge in [0.2, 0.25) is 0 Å². The number of carboxylic acid groups (broad SMARTS) is 1. The first-order valence-corrected chi connectivity index (χ1v) is 6.22. The second-order valence-corrected chi connectivity index (χ2v) is 6.31. The third kappa shape index (κ3) is 9.18. The average molecular weight is 288 g/mol. The highest BCUT2D eigenvalue weighted by atomic mass is 16.6. The third-order valence-corrected chi connectivity index (χ3v) is 1.75. The molecule has 0 aromatic heterocycles. The van der Waals surface area contributed by atoms with Gasteiger partial charge in [0.05, 0.1) is 0 Å². The number of amides is 1. The Morgan fingerprint density at radius 3 is 1.80 bits per heavy atom. The molecular formula is C13H22NO6-. The van der Waals surface area contributed by atoms with Gasteiger partial charge in [0.25, 0.3) is 0 Å². The van der Waals surface area contributed by atoms with Crippen molar-refractivity contribution >= 4 is 18.0 Å². The fourth-order valence-corrected chi connectivity index (χ4v) is 1.18. The van der Waals surface area contributed by atoms with E-state index in [1.54, 1.807) is 41.5 Å². The number of carbonyl (C=O) groups excluding carboxylic acids is 3. The number of carbonyl (C=O) groups is 3. The van der Waals surface area contributed by atoms with Crippen LogP contribution in [0.15, 0.2) is 0 Å². The van der Waals surface area contributed by atoms with Crippen LogP contribution in [0.5, 0.6) is 0 Å². The number of aliphatic carboxylic acids is 1. The molecule has 0 aliphatic carbocycles. The van der Waals surface area contributed by atoms with E-state index in [0.29, 0.717) is 0 Å². The summed E-state index contributed by atoms with van der Waals surface area (Å²) in [5.74, 6) is -2.33. The van der Waals surface area contributed by atoms with E-state index in [9.17, 15) is 19.5 Å². The molecule has 0 bridgehead atoms.